The summed E-state index contributed by atoms with van der Waals surface area (Å²) in [6.45, 7) is 2.15. The monoisotopic (exact) mass is 376 g/mol. The SMILES string of the molecule is C[C@@H]1C[C@H](N(C(=O)c2ccc(Cl)cc2)c2ccccc2)c2ccccc2N1. The first-order chi connectivity index (χ1) is 13.1. The number of amides is 1. The van der Waals surface area contributed by atoms with Gasteiger partial charge in [0.2, 0.25) is 0 Å². The van der Waals surface area contributed by atoms with E-state index in [0.29, 0.717) is 10.6 Å². The number of rotatable bonds is 3. The zero-order valence-electron chi connectivity index (χ0n) is 15.1. The van der Waals surface area contributed by atoms with E-state index in [1.807, 2.05) is 47.4 Å². The molecule has 136 valence electrons. The van der Waals surface area contributed by atoms with Gasteiger partial charge in [0.15, 0.2) is 0 Å². The molecule has 0 saturated carbocycles. The van der Waals surface area contributed by atoms with Gasteiger partial charge in [-0.15, -0.1) is 0 Å². The smallest absolute Gasteiger partial charge is 0.258 e. The highest BCUT2D eigenvalue weighted by Gasteiger charge is 2.33. The Hall–Kier alpha value is -2.78. The average molecular weight is 377 g/mol. The van der Waals surface area contributed by atoms with E-state index in [9.17, 15) is 4.79 Å². The molecule has 4 heteroatoms. The summed E-state index contributed by atoms with van der Waals surface area (Å²) in [6.07, 6.45) is 0.839. The van der Waals surface area contributed by atoms with Crippen molar-refractivity contribution < 1.29 is 4.79 Å². The van der Waals surface area contributed by atoms with E-state index in [4.69, 9.17) is 11.6 Å². The highest BCUT2D eigenvalue weighted by atomic mass is 35.5. The van der Waals surface area contributed by atoms with Crippen molar-refractivity contribution in [1.82, 2.24) is 0 Å². The fourth-order valence-electron chi connectivity index (χ4n) is 3.71. The summed E-state index contributed by atoms with van der Waals surface area (Å²) in [5.74, 6) is -0.0215. The van der Waals surface area contributed by atoms with Gasteiger partial charge in [-0.05, 0) is 61.4 Å². The van der Waals surface area contributed by atoms with Crippen LogP contribution in [0.15, 0.2) is 78.9 Å². The molecule has 0 saturated heterocycles. The zero-order chi connectivity index (χ0) is 18.8. The summed E-state index contributed by atoms with van der Waals surface area (Å²) in [7, 11) is 0. The first kappa shape index (κ1) is 17.6. The van der Waals surface area contributed by atoms with Gasteiger partial charge in [-0.1, -0.05) is 48.0 Å². The lowest BCUT2D eigenvalue weighted by atomic mass is 9.91. The van der Waals surface area contributed by atoms with E-state index < -0.39 is 0 Å². The van der Waals surface area contributed by atoms with Crippen molar-refractivity contribution in [2.75, 3.05) is 10.2 Å². The Morgan fingerprint density at radius 3 is 2.37 bits per heavy atom. The van der Waals surface area contributed by atoms with Crippen LogP contribution in [0.5, 0.6) is 0 Å². The normalized spacial score (nSPS) is 18.3. The van der Waals surface area contributed by atoms with E-state index >= 15 is 0 Å². The first-order valence-electron chi connectivity index (χ1n) is 9.13. The number of nitrogens with zero attached hydrogens (tertiary/aromatic N) is 1. The topological polar surface area (TPSA) is 32.3 Å². The Morgan fingerprint density at radius 2 is 1.63 bits per heavy atom. The van der Waals surface area contributed by atoms with E-state index in [0.717, 1.165) is 23.4 Å². The third-order valence-corrected chi connectivity index (χ3v) is 5.21. The number of anilines is 2. The summed E-state index contributed by atoms with van der Waals surface area (Å²) in [5, 5.41) is 4.15. The van der Waals surface area contributed by atoms with Crippen molar-refractivity contribution in [3.8, 4) is 0 Å². The molecule has 0 bridgehead atoms. The van der Waals surface area contributed by atoms with Gasteiger partial charge in [-0.3, -0.25) is 4.79 Å². The number of hydrogen-bond donors (Lipinski definition) is 1. The third kappa shape index (κ3) is 3.56. The van der Waals surface area contributed by atoms with Gasteiger partial charge >= 0.3 is 0 Å². The third-order valence-electron chi connectivity index (χ3n) is 4.95. The minimum atomic E-state index is -0.0389. The van der Waals surface area contributed by atoms with E-state index in [1.165, 1.54) is 0 Å². The van der Waals surface area contributed by atoms with Gasteiger partial charge in [0.1, 0.15) is 0 Å². The van der Waals surface area contributed by atoms with Crippen LogP contribution in [0.25, 0.3) is 0 Å². The first-order valence-corrected chi connectivity index (χ1v) is 9.51. The average Bonchev–Trinajstić information content (AvgIpc) is 2.69. The summed E-state index contributed by atoms with van der Waals surface area (Å²) in [6, 6.07) is 25.4. The molecule has 27 heavy (non-hydrogen) atoms. The molecule has 0 aromatic heterocycles. The van der Waals surface area contributed by atoms with Crippen molar-refractivity contribution >= 4 is 28.9 Å². The standard InChI is InChI=1S/C23H21ClN2O/c1-16-15-22(20-9-5-6-10-21(20)25-16)26(19-7-3-2-4-8-19)23(27)17-11-13-18(24)14-12-17/h2-14,16,22,25H,15H2,1H3/t16-,22+/m1/s1. The fourth-order valence-corrected chi connectivity index (χ4v) is 3.83. The number of carbonyl (C=O) groups is 1. The van der Waals surface area contributed by atoms with Crippen molar-refractivity contribution in [1.29, 1.82) is 0 Å². The largest absolute Gasteiger partial charge is 0.382 e. The van der Waals surface area contributed by atoms with Crippen LogP contribution in [0.2, 0.25) is 5.02 Å². The van der Waals surface area contributed by atoms with Crippen LogP contribution < -0.4 is 10.2 Å². The minimum absolute atomic E-state index is 0.0215. The molecule has 3 aromatic carbocycles. The molecule has 4 rings (SSSR count). The molecular weight excluding hydrogens is 356 g/mol. The van der Waals surface area contributed by atoms with Crippen molar-refractivity contribution in [3.05, 3.63) is 95.0 Å². The van der Waals surface area contributed by atoms with Crippen LogP contribution in [0.4, 0.5) is 11.4 Å². The fraction of sp³-hybridized carbons (Fsp3) is 0.174. The van der Waals surface area contributed by atoms with Crippen molar-refractivity contribution in [3.63, 3.8) is 0 Å². The van der Waals surface area contributed by atoms with Crippen LogP contribution in [-0.4, -0.2) is 11.9 Å². The summed E-state index contributed by atoms with van der Waals surface area (Å²) < 4.78 is 0. The van der Waals surface area contributed by atoms with Crippen molar-refractivity contribution in [2.24, 2.45) is 0 Å². The Kier molecular flexibility index (Phi) is 4.87. The lowest BCUT2D eigenvalue weighted by Crippen LogP contribution is -2.40. The van der Waals surface area contributed by atoms with Crippen LogP contribution in [0, 0.1) is 0 Å². The lowest BCUT2D eigenvalue weighted by molar-refractivity contribution is 0.0974. The molecule has 0 radical (unpaired) electrons. The molecule has 0 unspecified atom stereocenters. The summed E-state index contributed by atoms with van der Waals surface area (Å²) >= 11 is 6.01. The number of carbonyl (C=O) groups excluding carboxylic acids is 1. The second kappa shape index (κ2) is 7.45. The van der Waals surface area contributed by atoms with Gasteiger partial charge in [0, 0.05) is 28.0 Å². The van der Waals surface area contributed by atoms with Crippen LogP contribution >= 0.6 is 11.6 Å². The van der Waals surface area contributed by atoms with Crippen molar-refractivity contribution in [2.45, 2.75) is 25.4 Å². The van der Waals surface area contributed by atoms with Gasteiger partial charge in [0.05, 0.1) is 6.04 Å². The number of para-hydroxylation sites is 2. The molecule has 2 atom stereocenters. The van der Waals surface area contributed by atoms with Crippen LogP contribution in [-0.2, 0) is 0 Å². The van der Waals surface area contributed by atoms with E-state index in [1.54, 1.807) is 24.3 Å². The minimum Gasteiger partial charge on any atom is -0.382 e. The second-order valence-electron chi connectivity index (χ2n) is 6.90. The van der Waals surface area contributed by atoms with Gasteiger partial charge in [-0.25, -0.2) is 0 Å². The van der Waals surface area contributed by atoms with Gasteiger partial charge < -0.3 is 10.2 Å². The second-order valence-corrected chi connectivity index (χ2v) is 7.34. The molecule has 0 fully saturated rings. The lowest BCUT2D eigenvalue weighted by Gasteiger charge is -2.39. The van der Waals surface area contributed by atoms with Crippen LogP contribution in [0.1, 0.15) is 35.3 Å². The maximum atomic E-state index is 13.5. The zero-order valence-corrected chi connectivity index (χ0v) is 15.9. The van der Waals surface area contributed by atoms with E-state index in [-0.39, 0.29) is 18.0 Å². The quantitative estimate of drug-likeness (QED) is 0.614. The highest BCUT2D eigenvalue weighted by Crippen LogP contribution is 2.39. The number of fused-ring (bicyclic) bond motifs is 1. The van der Waals surface area contributed by atoms with Gasteiger partial charge in [0.25, 0.3) is 5.91 Å². The van der Waals surface area contributed by atoms with E-state index in [2.05, 4.69) is 24.4 Å². The Morgan fingerprint density at radius 1 is 0.963 bits per heavy atom. The predicted molar refractivity (Wildman–Crippen MR) is 112 cm³/mol. The van der Waals surface area contributed by atoms with Crippen LogP contribution in [0.3, 0.4) is 0 Å². The number of halogens is 1. The molecule has 0 aliphatic carbocycles. The Bertz CT molecular complexity index is 940. The number of hydrogen-bond acceptors (Lipinski definition) is 2. The molecule has 1 aliphatic heterocycles. The number of nitrogens with one attached hydrogen (secondary N) is 1. The maximum Gasteiger partial charge on any atom is 0.258 e. The van der Waals surface area contributed by atoms with Gasteiger partial charge in [-0.2, -0.15) is 0 Å². The Labute approximate surface area is 164 Å². The molecule has 1 heterocycles. The molecule has 3 aromatic rings. The molecule has 3 nitrogen and oxygen atoms in total. The summed E-state index contributed by atoms with van der Waals surface area (Å²) in [5.41, 5.74) is 3.76. The molecule has 1 amide bonds. The highest BCUT2D eigenvalue weighted by molar-refractivity contribution is 6.30. The molecule has 1 N–H and O–H groups in total. The molecule has 1 aliphatic rings. The summed E-state index contributed by atoms with van der Waals surface area (Å²) in [4.78, 5) is 15.5. The predicted octanol–water partition coefficient (Wildman–Crippen LogP) is 5.93. The molecular formula is C23H21ClN2O. The maximum absolute atomic E-state index is 13.5. The number of benzene rings is 3. The Balaban J connectivity index is 1.82. The molecule has 0 spiro atoms.